The quantitative estimate of drug-likeness (QED) is 0.865. The summed E-state index contributed by atoms with van der Waals surface area (Å²) in [4.78, 5) is 7.62. The molecule has 4 nitrogen and oxygen atoms in total. The van der Waals surface area contributed by atoms with Gasteiger partial charge in [-0.2, -0.15) is 0 Å². The Hall–Kier alpha value is -1.01. The van der Waals surface area contributed by atoms with Gasteiger partial charge in [0.2, 0.25) is 0 Å². The van der Waals surface area contributed by atoms with Crippen LogP contribution in [0.4, 0.5) is 0 Å². The van der Waals surface area contributed by atoms with Crippen LogP contribution in [0.3, 0.4) is 0 Å². The summed E-state index contributed by atoms with van der Waals surface area (Å²) in [5.74, 6) is 0.695. The number of imidazole rings is 1. The molecule has 0 saturated heterocycles. The molecule has 0 aromatic carbocycles. The third kappa shape index (κ3) is 2.81. The summed E-state index contributed by atoms with van der Waals surface area (Å²) in [5.41, 5.74) is 2.81. The maximum atomic E-state index is 11.0. The Labute approximate surface area is 108 Å². The lowest BCUT2D eigenvalue weighted by Gasteiger charge is -2.03. The number of hydrogen-bond donors (Lipinski definition) is 1. The van der Waals surface area contributed by atoms with Crippen molar-refractivity contribution in [3.8, 4) is 0 Å². The molecule has 0 amide bonds. The molecule has 0 aliphatic heterocycles. The van der Waals surface area contributed by atoms with Gasteiger partial charge in [-0.25, -0.2) is 4.98 Å². The maximum Gasteiger partial charge on any atom is 0.179 e. The van der Waals surface area contributed by atoms with Crippen molar-refractivity contribution in [1.82, 2.24) is 14.5 Å². The molecule has 0 radical (unpaired) electrons. The molecular formula is C11H15N3OS2. The van der Waals surface area contributed by atoms with Gasteiger partial charge in [-0.05, 0) is 37.7 Å². The van der Waals surface area contributed by atoms with Gasteiger partial charge in [0.1, 0.15) is 0 Å². The van der Waals surface area contributed by atoms with Crippen LogP contribution in [0, 0.1) is 11.7 Å². The molecule has 0 bridgehead atoms. The van der Waals surface area contributed by atoms with E-state index in [1.807, 2.05) is 23.6 Å². The van der Waals surface area contributed by atoms with E-state index in [1.54, 1.807) is 6.26 Å². The van der Waals surface area contributed by atoms with Crippen molar-refractivity contribution in [3.05, 3.63) is 22.6 Å². The number of aromatic amines is 1. The maximum absolute atomic E-state index is 11.0. The predicted molar refractivity (Wildman–Crippen MR) is 73.2 cm³/mol. The second-order valence-electron chi connectivity index (χ2n) is 4.04. The van der Waals surface area contributed by atoms with Crippen molar-refractivity contribution < 1.29 is 4.21 Å². The first-order valence-electron chi connectivity index (χ1n) is 5.44. The number of rotatable bonds is 4. The molecule has 0 saturated carbocycles. The van der Waals surface area contributed by atoms with E-state index in [0.717, 1.165) is 29.8 Å². The first-order valence-corrected chi connectivity index (χ1v) is 7.57. The number of hydrogen-bond acceptors (Lipinski definition) is 3. The Kier molecular flexibility index (Phi) is 3.73. The Morgan fingerprint density at radius 3 is 3.00 bits per heavy atom. The molecule has 2 rings (SSSR count). The fourth-order valence-corrected chi connectivity index (χ4v) is 2.58. The minimum Gasteiger partial charge on any atom is -0.329 e. The van der Waals surface area contributed by atoms with Gasteiger partial charge >= 0.3 is 0 Å². The van der Waals surface area contributed by atoms with E-state index in [9.17, 15) is 4.21 Å². The van der Waals surface area contributed by atoms with Gasteiger partial charge in [-0.1, -0.05) is 0 Å². The van der Waals surface area contributed by atoms with Crippen LogP contribution in [0.1, 0.15) is 12.1 Å². The van der Waals surface area contributed by atoms with Gasteiger partial charge in [0, 0.05) is 35.0 Å². The highest BCUT2D eigenvalue weighted by Gasteiger charge is 2.05. The summed E-state index contributed by atoms with van der Waals surface area (Å²) < 4.78 is 13.7. The van der Waals surface area contributed by atoms with Crippen molar-refractivity contribution in [3.63, 3.8) is 0 Å². The summed E-state index contributed by atoms with van der Waals surface area (Å²) in [7, 11) is -0.750. The van der Waals surface area contributed by atoms with E-state index in [0.29, 0.717) is 10.5 Å². The second kappa shape index (κ2) is 5.10. The van der Waals surface area contributed by atoms with Crippen LogP contribution >= 0.6 is 12.2 Å². The van der Waals surface area contributed by atoms with Gasteiger partial charge in [-0.3, -0.25) is 4.21 Å². The monoisotopic (exact) mass is 269 g/mol. The third-order valence-corrected chi connectivity index (χ3v) is 3.76. The zero-order valence-electron chi connectivity index (χ0n) is 9.90. The normalized spacial score (nSPS) is 13.1. The first kappa shape index (κ1) is 12.4. The van der Waals surface area contributed by atoms with E-state index in [1.165, 1.54) is 0 Å². The van der Waals surface area contributed by atoms with Crippen LogP contribution in [0.15, 0.2) is 12.1 Å². The molecule has 1 unspecified atom stereocenters. The fraction of sp³-hybridized carbons (Fsp3) is 0.455. The molecule has 6 heteroatoms. The van der Waals surface area contributed by atoms with Crippen molar-refractivity contribution in [2.45, 2.75) is 19.9 Å². The lowest BCUT2D eigenvalue weighted by molar-refractivity contribution is 0.662. The van der Waals surface area contributed by atoms with Crippen molar-refractivity contribution >= 4 is 34.2 Å². The first-order chi connectivity index (χ1) is 8.08. The molecule has 0 fully saturated rings. The molecule has 1 atom stereocenters. The molecule has 2 heterocycles. The van der Waals surface area contributed by atoms with Crippen LogP contribution in [0.25, 0.3) is 11.2 Å². The smallest absolute Gasteiger partial charge is 0.179 e. The summed E-state index contributed by atoms with van der Waals surface area (Å²) in [5, 5.41) is 0. The lowest BCUT2D eigenvalue weighted by Crippen LogP contribution is -2.04. The SMILES string of the molecule is Cc1ccc2[nH]c(=S)n(CCCS(C)=O)c2n1. The summed E-state index contributed by atoms with van der Waals surface area (Å²) in [6, 6.07) is 3.95. The van der Waals surface area contributed by atoms with Crippen LogP contribution in [0.5, 0.6) is 0 Å². The Morgan fingerprint density at radius 1 is 1.53 bits per heavy atom. The number of fused-ring (bicyclic) bond motifs is 1. The molecule has 2 aromatic heterocycles. The minimum atomic E-state index is -0.750. The molecular weight excluding hydrogens is 254 g/mol. The zero-order chi connectivity index (χ0) is 12.4. The minimum absolute atomic E-state index is 0.681. The summed E-state index contributed by atoms with van der Waals surface area (Å²) >= 11 is 5.27. The Balaban J connectivity index is 2.32. The lowest BCUT2D eigenvalue weighted by atomic mass is 10.3. The van der Waals surface area contributed by atoms with Gasteiger partial charge in [-0.15, -0.1) is 0 Å². The highest BCUT2D eigenvalue weighted by Crippen LogP contribution is 2.12. The molecule has 0 spiro atoms. The summed E-state index contributed by atoms with van der Waals surface area (Å²) in [6.07, 6.45) is 2.57. The van der Waals surface area contributed by atoms with Gasteiger partial charge < -0.3 is 9.55 Å². The van der Waals surface area contributed by atoms with Crippen molar-refractivity contribution in [2.24, 2.45) is 0 Å². The fourth-order valence-electron chi connectivity index (χ4n) is 1.76. The van der Waals surface area contributed by atoms with Gasteiger partial charge in [0.25, 0.3) is 0 Å². The number of H-pyrrole nitrogens is 1. The van der Waals surface area contributed by atoms with Crippen LogP contribution in [0.2, 0.25) is 0 Å². The predicted octanol–water partition coefficient (Wildman–Crippen LogP) is 2.17. The van der Waals surface area contributed by atoms with E-state index >= 15 is 0 Å². The van der Waals surface area contributed by atoms with Gasteiger partial charge in [0.05, 0.1) is 5.52 Å². The van der Waals surface area contributed by atoms with Crippen molar-refractivity contribution in [2.75, 3.05) is 12.0 Å². The second-order valence-corrected chi connectivity index (χ2v) is 5.98. The number of nitrogens with zero attached hydrogens (tertiary/aromatic N) is 2. The topological polar surface area (TPSA) is 50.7 Å². The molecule has 92 valence electrons. The highest BCUT2D eigenvalue weighted by atomic mass is 32.2. The van der Waals surface area contributed by atoms with Crippen molar-refractivity contribution in [1.29, 1.82) is 0 Å². The van der Waals surface area contributed by atoms with Crippen LogP contribution in [-0.4, -0.2) is 30.8 Å². The molecule has 2 aromatic rings. The van der Waals surface area contributed by atoms with E-state index in [-0.39, 0.29) is 0 Å². The van der Waals surface area contributed by atoms with E-state index in [2.05, 4.69) is 9.97 Å². The van der Waals surface area contributed by atoms with Gasteiger partial charge in [0.15, 0.2) is 10.4 Å². The molecule has 0 aliphatic carbocycles. The Morgan fingerprint density at radius 2 is 2.29 bits per heavy atom. The molecule has 17 heavy (non-hydrogen) atoms. The average molecular weight is 269 g/mol. The van der Waals surface area contributed by atoms with E-state index < -0.39 is 10.8 Å². The third-order valence-electron chi connectivity index (χ3n) is 2.57. The highest BCUT2D eigenvalue weighted by molar-refractivity contribution is 7.84. The van der Waals surface area contributed by atoms with Crippen LogP contribution in [-0.2, 0) is 17.3 Å². The number of aryl methyl sites for hydroxylation is 2. The number of pyridine rings is 1. The molecule has 1 N–H and O–H groups in total. The van der Waals surface area contributed by atoms with Crippen LogP contribution < -0.4 is 0 Å². The largest absolute Gasteiger partial charge is 0.329 e. The summed E-state index contributed by atoms with van der Waals surface area (Å²) in [6.45, 7) is 2.72. The number of aromatic nitrogens is 3. The number of nitrogens with one attached hydrogen (secondary N) is 1. The molecule has 0 aliphatic rings. The zero-order valence-corrected chi connectivity index (χ0v) is 11.5. The standard InChI is InChI=1S/C11H15N3OS2/c1-8-4-5-9-10(12-8)14(11(16)13-9)6-3-7-17(2)15/h4-5H,3,6-7H2,1-2H3,(H,13,16). The van der Waals surface area contributed by atoms with E-state index in [4.69, 9.17) is 12.2 Å². The Bertz CT molecular complexity index is 615. The average Bonchev–Trinajstić information content (AvgIpc) is 2.55.